The second kappa shape index (κ2) is 12.4. The zero-order chi connectivity index (χ0) is 26.3. The van der Waals surface area contributed by atoms with Gasteiger partial charge in [-0.2, -0.15) is 4.72 Å². The van der Waals surface area contributed by atoms with Crippen molar-refractivity contribution in [1.82, 2.24) is 9.71 Å². The first-order valence-electron chi connectivity index (χ1n) is 11.4. The number of pyridine rings is 1. The molecule has 2 N–H and O–H groups in total. The van der Waals surface area contributed by atoms with E-state index in [1.807, 2.05) is 73.0 Å². The zero-order valence-corrected chi connectivity index (χ0v) is 22.5. The molecule has 0 bridgehead atoms. The molecule has 9 heteroatoms. The maximum Gasteiger partial charge on any atom is 0.323 e. The molecule has 0 unspecified atom stereocenters. The Labute approximate surface area is 225 Å². The largest absolute Gasteiger partial charge is 0.480 e. The summed E-state index contributed by atoms with van der Waals surface area (Å²) in [6.07, 6.45) is 5.35. The highest BCUT2D eigenvalue weighted by molar-refractivity contribution is 7.99. The lowest BCUT2D eigenvalue weighted by Crippen LogP contribution is -2.44. The summed E-state index contributed by atoms with van der Waals surface area (Å²) in [5.74, 6) is -0.748. The van der Waals surface area contributed by atoms with E-state index in [1.165, 1.54) is 23.9 Å². The fourth-order valence-electron chi connectivity index (χ4n) is 3.78. The predicted octanol–water partition coefficient (Wildman–Crippen LogP) is 5.88. The van der Waals surface area contributed by atoms with Gasteiger partial charge in [0.25, 0.3) is 0 Å². The number of nitrogens with one attached hydrogen (secondary N) is 1. The molecule has 0 amide bonds. The second-order valence-electron chi connectivity index (χ2n) is 8.19. The molecule has 190 valence electrons. The maximum absolute atomic E-state index is 13.3. The van der Waals surface area contributed by atoms with Crippen molar-refractivity contribution in [3.05, 3.63) is 115 Å². The van der Waals surface area contributed by atoms with Gasteiger partial charge in [-0.05, 0) is 64.9 Å². The maximum atomic E-state index is 13.3. The fourth-order valence-corrected chi connectivity index (χ4v) is 6.77. The third-order valence-electron chi connectivity index (χ3n) is 5.75. The number of sulfonamides is 1. The van der Waals surface area contributed by atoms with Gasteiger partial charge >= 0.3 is 5.97 Å². The van der Waals surface area contributed by atoms with Gasteiger partial charge in [-0.3, -0.25) is 9.78 Å². The van der Waals surface area contributed by atoms with Crippen LogP contribution in [-0.4, -0.2) is 36.8 Å². The highest BCUT2D eigenvalue weighted by Crippen LogP contribution is 2.35. The summed E-state index contributed by atoms with van der Waals surface area (Å²) in [6, 6.07) is 25.9. The summed E-state index contributed by atoms with van der Waals surface area (Å²) in [5.41, 5.74) is 3.53. The van der Waals surface area contributed by atoms with Crippen LogP contribution in [0.15, 0.2) is 113 Å². The molecule has 3 aromatic carbocycles. The summed E-state index contributed by atoms with van der Waals surface area (Å²) in [5, 5.41) is 9.44. The number of carbonyl (C=O) groups is 1. The number of nitrogens with zero attached hydrogens (tertiary/aromatic N) is 1. The summed E-state index contributed by atoms with van der Waals surface area (Å²) < 4.78 is 29.0. The number of rotatable bonds is 11. The molecule has 2 atom stereocenters. The lowest BCUT2D eigenvalue weighted by atomic mass is 10.1. The van der Waals surface area contributed by atoms with Gasteiger partial charge in [0.1, 0.15) is 6.04 Å². The molecule has 0 saturated carbocycles. The molecule has 0 saturated heterocycles. The first kappa shape index (κ1) is 26.9. The van der Waals surface area contributed by atoms with Gasteiger partial charge in [-0.1, -0.05) is 54.6 Å². The molecule has 1 heterocycles. The van der Waals surface area contributed by atoms with E-state index in [4.69, 9.17) is 0 Å². The number of aliphatic carboxylic acids is 1. The van der Waals surface area contributed by atoms with Crippen molar-refractivity contribution in [2.24, 2.45) is 0 Å². The molecule has 0 fully saturated rings. The minimum atomic E-state index is -4.11. The van der Waals surface area contributed by atoms with Gasteiger partial charge in [0.05, 0.1) is 10.1 Å². The Kier molecular flexibility index (Phi) is 9.04. The van der Waals surface area contributed by atoms with Crippen LogP contribution in [0.2, 0.25) is 0 Å². The van der Waals surface area contributed by atoms with Crippen molar-refractivity contribution >= 4 is 39.5 Å². The average molecular weight is 551 g/mol. The number of aromatic nitrogens is 1. The minimum absolute atomic E-state index is 0.00850. The van der Waals surface area contributed by atoms with E-state index in [-0.39, 0.29) is 4.90 Å². The van der Waals surface area contributed by atoms with E-state index in [0.29, 0.717) is 5.75 Å². The van der Waals surface area contributed by atoms with Crippen LogP contribution in [0.4, 0.5) is 0 Å². The van der Waals surface area contributed by atoms with Crippen LogP contribution in [0.3, 0.4) is 0 Å². The third-order valence-corrected chi connectivity index (χ3v) is 9.35. The normalized spacial score (nSPS) is 13.1. The van der Waals surface area contributed by atoms with Crippen LogP contribution in [0, 0.1) is 0 Å². The Morgan fingerprint density at radius 2 is 1.49 bits per heavy atom. The quantitative estimate of drug-likeness (QED) is 0.225. The first-order valence-corrected chi connectivity index (χ1v) is 15.2. The SMILES string of the molecule is CSc1ccc(-c2ccc(S(=O)(=O)N[C@@H](C(=O)O)[C@H](SCc3ccncc3)c3ccccc3)cc2)cc1. The number of hydrogen-bond donors (Lipinski definition) is 2. The Morgan fingerprint density at radius 1 is 0.892 bits per heavy atom. The Morgan fingerprint density at radius 3 is 2.05 bits per heavy atom. The van der Waals surface area contributed by atoms with Crippen molar-refractivity contribution < 1.29 is 18.3 Å². The smallest absolute Gasteiger partial charge is 0.323 e. The Balaban J connectivity index is 1.58. The summed E-state index contributed by atoms with van der Waals surface area (Å²) >= 11 is 3.01. The van der Waals surface area contributed by atoms with Crippen LogP contribution in [0.1, 0.15) is 16.4 Å². The van der Waals surface area contributed by atoms with E-state index < -0.39 is 27.3 Å². The molecule has 0 radical (unpaired) electrons. The standard InChI is InChI=1S/C28H26N2O4S3/c1-35-24-11-7-21(8-12-24)22-9-13-25(14-10-22)37(33,34)30-26(28(31)32)27(23-5-3-2-4-6-23)36-19-20-15-17-29-18-16-20/h2-18,26-27,30H,19H2,1H3,(H,31,32)/t26-,27-/m1/s1. The first-order chi connectivity index (χ1) is 17.9. The number of thioether (sulfide) groups is 2. The van der Waals surface area contributed by atoms with Crippen LogP contribution < -0.4 is 4.72 Å². The lowest BCUT2D eigenvalue weighted by molar-refractivity contribution is -0.139. The van der Waals surface area contributed by atoms with Crippen LogP contribution in [0.25, 0.3) is 11.1 Å². The summed E-state index contributed by atoms with van der Waals surface area (Å²) in [6.45, 7) is 0. The molecule has 37 heavy (non-hydrogen) atoms. The molecule has 6 nitrogen and oxygen atoms in total. The van der Waals surface area contributed by atoms with Gasteiger partial charge in [-0.25, -0.2) is 8.42 Å². The lowest BCUT2D eigenvalue weighted by Gasteiger charge is -2.25. The zero-order valence-electron chi connectivity index (χ0n) is 20.0. The summed E-state index contributed by atoms with van der Waals surface area (Å²) in [7, 11) is -4.11. The van der Waals surface area contributed by atoms with E-state index in [9.17, 15) is 18.3 Å². The van der Waals surface area contributed by atoms with Gasteiger partial charge in [0.2, 0.25) is 10.0 Å². The van der Waals surface area contributed by atoms with Crippen LogP contribution in [0.5, 0.6) is 0 Å². The molecule has 0 spiro atoms. The third kappa shape index (κ3) is 7.01. The fraction of sp³-hybridized carbons (Fsp3) is 0.143. The summed E-state index contributed by atoms with van der Waals surface area (Å²) in [4.78, 5) is 17.5. The topological polar surface area (TPSA) is 96.4 Å². The molecule has 4 rings (SSSR count). The Bertz CT molecular complexity index is 1410. The highest BCUT2D eigenvalue weighted by atomic mass is 32.2. The average Bonchev–Trinajstić information content (AvgIpc) is 2.93. The van der Waals surface area contributed by atoms with Crippen LogP contribution >= 0.6 is 23.5 Å². The molecule has 0 aliphatic heterocycles. The van der Waals surface area contributed by atoms with E-state index >= 15 is 0 Å². The van der Waals surface area contributed by atoms with E-state index in [1.54, 1.807) is 36.3 Å². The minimum Gasteiger partial charge on any atom is -0.480 e. The predicted molar refractivity (Wildman–Crippen MR) is 150 cm³/mol. The Hall–Kier alpha value is -3.11. The number of carboxylic acid groups (broad SMARTS) is 1. The van der Waals surface area contributed by atoms with Crippen LogP contribution in [-0.2, 0) is 20.6 Å². The molecule has 4 aromatic rings. The molecular weight excluding hydrogens is 525 g/mol. The number of hydrogen-bond acceptors (Lipinski definition) is 6. The van der Waals surface area contributed by atoms with Gasteiger partial charge in [-0.15, -0.1) is 23.5 Å². The van der Waals surface area contributed by atoms with Crippen molar-refractivity contribution in [2.45, 2.75) is 26.8 Å². The van der Waals surface area contributed by atoms with Crippen molar-refractivity contribution in [3.63, 3.8) is 0 Å². The van der Waals surface area contributed by atoms with Crippen molar-refractivity contribution in [1.29, 1.82) is 0 Å². The molecule has 0 aliphatic carbocycles. The van der Waals surface area contributed by atoms with Gasteiger partial charge < -0.3 is 5.11 Å². The number of benzene rings is 3. The molecule has 0 aliphatic rings. The van der Waals surface area contributed by atoms with Crippen molar-refractivity contribution in [2.75, 3.05) is 6.26 Å². The second-order valence-corrected chi connectivity index (χ2v) is 11.9. The number of carboxylic acids is 1. The molecular formula is C28H26N2O4S3. The van der Waals surface area contributed by atoms with Gasteiger partial charge in [0, 0.05) is 23.0 Å². The highest BCUT2D eigenvalue weighted by Gasteiger charge is 2.34. The molecule has 1 aromatic heterocycles. The van der Waals surface area contributed by atoms with Gasteiger partial charge in [0.15, 0.2) is 0 Å². The van der Waals surface area contributed by atoms with E-state index in [0.717, 1.165) is 27.1 Å². The monoisotopic (exact) mass is 550 g/mol. The van der Waals surface area contributed by atoms with Crippen molar-refractivity contribution in [3.8, 4) is 11.1 Å². The van der Waals surface area contributed by atoms with E-state index in [2.05, 4.69) is 9.71 Å².